The first kappa shape index (κ1) is 16.4. The van der Waals surface area contributed by atoms with Crippen LogP contribution in [0.1, 0.15) is 13.3 Å². The number of carbonyl (C=O) groups excluding carboxylic acids is 1. The van der Waals surface area contributed by atoms with Crippen molar-refractivity contribution in [2.24, 2.45) is 0 Å². The topological polar surface area (TPSA) is 41.6 Å². The molecule has 1 fully saturated rings. The number of nitrogens with one attached hydrogen (secondary N) is 1. The molecule has 0 spiro atoms. The first-order valence-corrected chi connectivity index (χ1v) is 9.88. The van der Waals surface area contributed by atoms with Gasteiger partial charge in [0.05, 0.1) is 6.04 Å². The maximum atomic E-state index is 12.1. The molecule has 0 unspecified atom stereocenters. The Morgan fingerprint density at radius 1 is 1.47 bits per heavy atom. The molecule has 112 valence electrons. The summed E-state index contributed by atoms with van der Waals surface area (Å²) in [6.45, 7) is 4.99. The van der Waals surface area contributed by atoms with Gasteiger partial charge in [0.1, 0.15) is 6.61 Å². The molecule has 0 aromatic carbocycles. The Hall–Kier alpha value is -0.680. The van der Waals surface area contributed by atoms with Gasteiger partial charge < -0.3 is 15.0 Å². The molecule has 0 aromatic rings. The Bertz CT molecular complexity index is 313. The van der Waals surface area contributed by atoms with Crippen LogP contribution >= 0.6 is 10.0 Å². The average Bonchev–Trinajstić information content (AvgIpc) is 2.35. The smallest absolute Gasteiger partial charge is 0.410 e. The minimum atomic E-state index is -0.597. The summed E-state index contributed by atoms with van der Waals surface area (Å²) in [7, 11) is -0.597. The van der Waals surface area contributed by atoms with Gasteiger partial charge in [0.15, 0.2) is 0 Å². The first-order chi connectivity index (χ1) is 8.94. The summed E-state index contributed by atoms with van der Waals surface area (Å²) in [4.78, 5) is 14.0. The number of ether oxygens (including phenoxy) is 1. The predicted octanol–water partition coefficient (Wildman–Crippen LogP) is 2.06. The number of hydrogen-bond donors (Lipinski definition) is 1. The Morgan fingerprint density at radius 2 is 2.21 bits per heavy atom. The van der Waals surface area contributed by atoms with Crippen LogP contribution in [0.15, 0.2) is 12.2 Å². The summed E-state index contributed by atoms with van der Waals surface area (Å²) >= 11 is 0. The van der Waals surface area contributed by atoms with Crippen molar-refractivity contribution in [1.82, 2.24) is 10.2 Å². The molecule has 1 rings (SSSR count). The molecule has 0 radical (unpaired) electrons. The van der Waals surface area contributed by atoms with Gasteiger partial charge in [-0.2, -0.15) is 0 Å². The zero-order valence-electron chi connectivity index (χ0n) is 12.6. The zero-order chi connectivity index (χ0) is 14.3. The van der Waals surface area contributed by atoms with Crippen LogP contribution in [0.4, 0.5) is 4.79 Å². The van der Waals surface area contributed by atoms with Crippen molar-refractivity contribution < 1.29 is 9.53 Å². The fraction of sp³-hybridized carbons (Fsp3) is 0.786. The second kappa shape index (κ2) is 7.80. The largest absolute Gasteiger partial charge is 0.449 e. The van der Waals surface area contributed by atoms with Crippen molar-refractivity contribution >= 4 is 16.1 Å². The molecule has 1 heterocycles. The van der Waals surface area contributed by atoms with E-state index in [4.69, 9.17) is 4.74 Å². The van der Waals surface area contributed by atoms with Gasteiger partial charge in [0.2, 0.25) is 0 Å². The summed E-state index contributed by atoms with van der Waals surface area (Å²) in [6.07, 6.45) is 11.6. The van der Waals surface area contributed by atoms with E-state index < -0.39 is 10.0 Å². The van der Waals surface area contributed by atoms with Crippen molar-refractivity contribution in [2.45, 2.75) is 19.4 Å². The van der Waals surface area contributed by atoms with E-state index in [-0.39, 0.29) is 12.1 Å². The molecule has 1 aliphatic rings. The molecule has 0 saturated carbocycles. The highest BCUT2D eigenvalue weighted by Crippen LogP contribution is 2.33. The summed E-state index contributed by atoms with van der Waals surface area (Å²) in [6, 6.07) is 0.222. The number of amides is 1. The lowest BCUT2D eigenvalue weighted by Gasteiger charge is -2.35. The highest BCUT2D eigenvalue weighted by molar-refractivity contribution is 8.32. The van der Waals surface area contributed by atoms with Crippen LogP contribution in [-0.4, -0.2) is 67.8 Å². The number of hydrogen-bond acceptors (Lipinski definition) is 3. The molecule has 1 N–H and O–H groups in total. The van der Waals surface area contributed by atoms with E-state index in [0.29, 0.717) is 6.61 Å². The van der Waals surface area contributed by atoms with E-state index in [0.717, 1.165) is 31.8 Å². The number of piperazine rings is 1. The summed E-state index contributed by atoms with van der Waals surface area (Å²) < 4.78 is 5.42. The Morgan fingerprint density at radius 3 is 2.84 bits per heavy atom. The van der Waals surface area contributed by atoms with E-state index >= 15 is 0 Å². The molecular formula is C14H28N2O2S. The highest BCUT2D eigenvalue weighted by Gasteiger charge is 2.26. The number of allylic oxidation sites excluding steroid dienone is 1. The van der Waals surface area contributed by atoms with Gasteiger partial charge in [-0.1, -0.05) is 12.2 Å². The average molecular weight is 288 g/mol. The zero-order valence-corrected chi connectivity index (χ0v) is 13.5. The fourth-order valence-corrected chi connectivity index (χ4v) is 2.55. The molecular weight excluding hydrogens is 260 g/mol. The van der Waals surface area contributed by atoms with Gasteiger partial charge in [-0.15, -0.1) is 0 Å². The molecule has 1 amide bonds. The van der Waals surface area contributed by atoms with Crippen molar-refractivity contribution in [1.29, 1.82) is 0 Å². The van der Waals surface area contributed by atoms with E-state index in [9.17, 15) is 4.79 Å². The van der Waals surface area contributed by atoms with Crippen LogP contribution < -0.4 is 5.32 Å². The minimum absolute atomic E-state index is 0.153. The lowest BCUT2D eigenvalue weighted by molar-refractivity contribution is 0.0824. The van der Waals surface area contributed by atoms with Crippen LogP contribution in [0.2, 0.25) is 0 Å². The van der Waals surface area contributed by atoms with E-state index in [1.54, 1.807) is 0 Å². The highest BCUT2D eigenvalue weighted by atomic mass is 32.3. The molecule has 1 atom stereocenters. The molecule has 19 heavy (non-hydrogen) atoms. The van der Waals surface area contributed by atoms with E-state index in [1.807, 2.05) is 17.9 Å². The minimum Gasteiger partial charge on any atom is -0.449 e. The van der Waals surface area contributed by atoms with Crippen molar-refractivity contribution in [3.63, 3.8) is 0 Å². The van der Waals surface area contributed by atoms with Crippen molar-refractivity contribution in [2.75, 3.05) is 50.8 Å². The third-order valence-electron chi connectivity index (χ3n) is 3.15. The normalized spacial score (nSPS) is 21.7. The maximum Gasteiger partial charge on any atom is 0.410 e. The van der Waals surface area contributed by atoms with Gasteiger partial charge in [0, 0.05) is 25.4 Å². The van der Waals surface area contributed by atoms with Crippen molar-refractivity contribution in [3.05, 3.63) is 12.2 Å². The summed E-state index contributed by atoms with van der Waals surface area (Å²) in [5, 5.41) is 3.33. The van der Waals surface area contributed by atoms with Gasteiger partial charge >= 0.3 is 6.09 Å². The Balaban J connectivity index is 2.43. The number of carbonyl (C=O) groups is 1. The molecule has 0 aromatic heterocycles. The Kier molecular flexibility index (Phi) is 6.72. The second-order valence-corrected chi connectivity index (χ2v) is 10.4. The van der Waals surface area contributed by atoms with Crippen LogP contribution in [0.25, 0.3) is 0 Å². The molecule has 5 heteroatoms. The quantitative estimate of drug-likeness (QED) is 0.787. The van der Waals surface area contributed by atoms with Crippen LogP contribution in [0, 0.1) is 0 Å². The molecule has 0 bridgehead atoms. The van der Waals surface area contributed by atoms with E-state index in [1.165, 1.54) is 0 Å². The third-order valence-corrected chi connectivity index (χ3v) is 4.54. The first-order valence-electron chi connectivity index (χ1n) is 6.85. The second-order valence-electron chi connectivity index (χ2n) is 5.77. The predicted molar refractivity (Wildman–Crippen MR) is 84.4 cm³/mol. The van der Waals surface area contributed by atoms with Crippen LogP contribution in [0.3, 0.4) is 0 Å². The lowest BCUT2D eigenvalue weighted by atomic mass is 10.1. The maximum absolute atomic E-state index is 12.1. The molecule has 1 saturated heterocycles. The van der Waals surface area contributed by atoms with Crippen LogP contribution in [0.5, 0.6) is 0 Å². The summed E-state index contributed by atoms with van der Waals surface area (Å²) in [5.41, 5.74) is 0. The Labute approximate surface area is 118 Å². The van der Waals surface area contributed by atoms with Crippen LogP contribution in [-0.2, 0) is 4.74 Å². The molecule has 1 aliphatic heterocycles. The lowest BCUT2D eigenvalue weighted by Crippen LogP contribution is -2.53. The fourth-order valence-electron chi connectivity index (χ4n) is 1.97. The monoisotopic (exact) mass is 288 g/mol. The van der Waals surface area contributed by atoms with Crippen molar-refractivity contribution in [3.8, 4) is 0 Å². The van der Waals surface area contributed by atoms with Gasteiger partial charge in [0.25, 0.3) is 0 Å². The third kappa shape index (κ3) is 6.34. The molecule has 0 aliphatic carbocycles. The number of nitrogens with zero attached hydrogens (tertiary/aromatic N) is 1. The standard InChI is InChI=1S/C14H28N2O2S/c1-5-6-7-13-12-15-8-9-16(13)14(17)18-10-11-19(2,3)4/h5-6,13,15H,7-12H2,1-4H3/b6-5-/t13-/m1/s1. The summed E-state index contributed by atoms with van der Waals surface area (Å²) in [5.74, 6) is 0.977. The van der Waals surface area contributed by atoms with E-state index in [2.05, 4.69) is 30.2 Å². The SMILES string of the molecule is C/C=C\C[C@@H]1CNCCN1C(=O)OCCS(C)(C)C. The molecule has 4 nitrogen and oxygen atoms in total. The van der Waals surface area contributed by atoms with Gasteiger partial charge in [-0.25, -0.2) is 14.8 Å². The number of rotatable bonds is 5. The van der Waals surface area contributed by atoms with Gasteiger partial charge in [-0.3, -0.25) is 0 Å². The van der Waals surface area contributed by atoms with Gasteiger partial charge in [-0.05, 0) is 32.1 Å².